The summed E-state index contributed by atoms with van der Waals surface area (Å²) in [6.45, 7) is 3.49. The molecular formula is C24H26F3N7O2. The molecule has 2 N–H and O–H groups in total. The molecule has 0 radical (unpaired) electrons. The monoisotopic (exact) mass is 501 g/mol. The van der Waals surface area contributed by atoms with Crippen LogP contribution < -0.4 is 15.5 Å². The Balaban J connectivity index is 1.35. The van der Waals surface area contributed by atoms with Gasteiger partial charge in [-0.3, -0.25) is 9.78 Å². The molecule has 0 saturated carbocycles. The molecule has 2 aliphatic heterocycles. The molecule has 1 atom stereocenters. The maximum absolute atomic E-state index is 15.2. The van der Waals surface area contributed by atoms with Crippen molar-refractivity contribution >= 4 is 28.4 Å². The summed E-state index contributed by atoms with van der Waals surface area (Å²) in [7, 11) is 0. The van der Waals surface area contributed by atoms with Gasteiger partial charge in [-0.2, -0.15) is 8.78 Å². The summed E-state index contributed by atoms with van der Waals surface area (Å²) < 4.78 is 46.3. The van der Waals surface area contributed by atoms with Crippen LogP contribution in [0.1, 0.15) is 0 Å². The van der Waals surface area contributed by atoms with Crippen molar-refractivity contribution in [1.82, 2.24) is 25.2 Å². The van der Waals surface area contributed by atoms with E-state index in [9.17, 15) is 13.6 Å². The summed E-state index contributed by atoms with van der Waals surface area (Å²) in [5, 5.41) is 6.59. The summed E-state index contributed by atoms with van der Waals surface area (Å²) in [5.74, 6) is -1.11. The highest BCUT2D eigenvalue weighted by Crippen LogP contribution is 2.30. The van der Waals surface area contributed by atoms with Crippen LogP contribution in [0, 0.1) is 5.82 Å². The number of aromatic nitrogens is 3. The van der Waals surface area contributed by atoms with Crippen molar-refractivity contribution in [2.75, 3.05) is 62.6 Å². The molecule has 2 saturated heterocycles. The van der Waals surface area contributed by atoms with Crippen LogP contribution >= 0.6 is 0 Å². The molecule has 4 heterocycles. The number of alkyl halides is 2. The van der Waals surface area contributed by atoms with Gasteiger partial charge in [0.15, 0.2) is 5.82 Å². The molecule has 0 bridgehead atoms. The minimum absolute atomic E-state index is 0.0101. The second-order valence-electron chi connectivity index (χ2n) is 8.64. The third-order valence-electron chi connectivity index (χ3n) is 6.32. The van der Waals surface area contributed by atoms with E-state index in [1.165, 1.54) is 6.07 Å². The predicted octanol–water partition coefficient (Wildman–Crippen LogP) is 2.14. The normalized spacial score (nSPS) is 18.6. The van der Waals surface area contributed by atoms with Gasteiger partial charge >= 0.3 is 6.43 Å². The number of pyridine rings is 1. The van der Waals surface area contributed by atoms with Crippen LogP contribution in [0.5, 0.6) is 0 Å². The average molecular weight is 502 g/mol. The number of halogens is 3. The van der Waals surface area contributed by atoms with Crippen molar-refractivity contribution < 1.29 is 22.7 Å². The molecule has 1 aromatic carbocycles. The predicted molar refractivity (Wildman–Crippen MR) is 129 cm³/mol. The van der Waals surface area contributed by atoms with Crippen LogP contribution in [0.25, 0.3) is 22.3 Å². The minimum Gasteiger partial charge on any atom is -0.374 e. The van der Waals surface area contributed by atoms with Gasteiger partial charge in [0.1, 0.15) is 11.3 Å². The number of nitrogens with zero attached hydrogens (tertiary/aromatic N) is 5. The second kappa shape index (κ2) is 10.6. The Bertz CT molecular complexity index is 1230. The van der Waals surface area contributed by atoms with Gasteiger partial charge in [-0.15, -0.1) is 0 Å². The molecule has 190 valence electrons. The Morgan fingerprint density at radius 3 is 2.69 bits per heavy atom. The van der Waals surface area contributed by atoms with Crippen LogP contribution in [0.4, 0.5) is 24.7 Å². The third kappa shape index (κ3) is 5.19. The van der Waals surface area contributed by atoms with Crippen molar-refractivity contribution in [3.05, 3.63) is 42.5 Å². The molecule has 36 heavy (non-hydrogen) atoms. The lowest BCUT2D eigenvalue weighted by molar-refractivity contribution is -0.143. The van der Waals surface area contributed by atoms with Gasteiger partial charge in [0.25, 0.3) is 5.91 Å². The quantitative estimate of drug-likeness (QED) is 0.531. The van der Waals surface area contributed by atoms with Gasteiger partial charge in [-0.1, -0.05) is 6.07 Å². The Morgan fingerprint density at radius 1 is 1.17 bits per heavy atom. The van der Waals surface area contributed by atoms with Crippen molar-refractivity contribution in [1.29, 1.82) is 0 Å². The number of amides is 1. The molecule has 3 aromatic rings. The standard InChI is InChI=1S/C24H26F3N7O2/c25-17-11-15(1-2-20(17)33-6-8-34(9-7-33)24(35)22(26)27)18-12-19-21(30-4-3-29-19)23(32-18)31-14-16-13-28-5-10-36-16/h1-4,11-12,16,22,28H,5-10,13-14H2,(H,31,32). The molecule has 0 spiro atoms. The number of piperazine rings is 1. The lowest BCUT2D eigenvalue weighted by Crippen LogP contribution is -2.50. The summed E-state index contributed by atoms with van der Waals surface area (Å²) in [5.41, 5.74) is 2.68. The van der Waals surface area contributed by atoms with E-state index < -0.39 is 18.1 Å². The Morgan fingerprint density at radius 2 is 1.97 bits per heavy atom. The van der Waals surface area contributed by atoms with Crippen LogP contribution in [0.2, 0.25) is 0 Å². The summed E-state index contributed by atoms with van der Waals surface area (Å²) in [6, 6.07) is 6.56. The first-order valence-corrected chi connectivity index (χ1v) is 11.8. The molecule has 9 nitrogen and oxygen atoms in total. The maximum Gasteiger partial charge on any atom is 0.315 e. The van der Waals surface area contributed by atoms with Gasteiger partial charge in [0.05, 0.1) is 29.6 Å². The van der Waals surface area contributed by atoms with E-state index in [2.05, 4.69) is 20.6 Å². The van der Waals surface area contributed by atoms with E-state index in [1.807, 2.05) is 0 Å². The smallest absolute Gasteiger partial charge is 0.315 e. The zero-order valence-corrected chi connectivity index (χ0v) is 19.5. The van der Waals surface area contributed by atoms with Crippen LogP contribution in [0.15, 0.2) is 36.7 Å². The van der Waals surface area contributed by atoms with E-state index in [1.54, 1.807) is 35.5 Å². The fourth-order valence-corrected chi connectivity index (χ4v) is 4.43. The molecule has 0 aliphatic carbocycles. The highest BCUT2D eigenvalue weighted by Gasteiger charge is 2.28. The SMILES string of the molecule is O=C(C(F)F)N1CCN(c2ccc(-c3cc4nccnc4c(NCC4CNCCO4)n3)cc2F)CC1. The number of anilines is 2. The maximum atomic E-state index is 15.2. The van der Waals surface area contributed by atoms with Crippen molar-refractivity contribution in [3.63, 3.8) is 0 Å². The largest absolute Gasteiger partial charge is 0.374 e. The highest BCUT2D eigenvalue weighted by atomic mass is 19.3. The third-order valence-corrected chi connectivity index (χ3v) is 6.32. The number of fused-ring (bicyclic) bond motifs is 1. The van der Waals surface area contributed by atoms with Gasteiger partial charge in [-0.05, 0) is 18.2 Å². The molecule has 2 fully saturated rings. The number of carbonyl (C=O) groups is 1. The Hall–Kier alpha value is -3.51. The highest BCUT2D eigenvalue weighted by molar-refractivity contribution is 5.88. The summed E-state index contributed by atoms with van der Waals surface area (Å²) >= 11 is 0. The molecular weight excluding hydrogens is 475 g/mol. The fraction of sp³-hybridized carbons (Fsp3) is 0.417. The molecule has 12 heteroatoms. The van der Waals surface area contributed by atoms with Gasteiger partial charge < -0.3 is 25.2 Å². The molecule has 2 aliphatic rings. The molecule has 1 unspecified atom stereocenters. The molecule has 5 rings (SSSR count). The first-order valence-electron chi connectivity index (χ1n) is 11.8. The van der Waals surface area contributed by atoms with Gasteiger partial charge in [0, 0.05) is 63.8 Å². The first-order chi connectivity index (χ1) is 17.5. The lowest BCUT2D eigenvalue weighted by atomic mass is 10.1. The van der Waals surface area contributed by atoms with Crippen molar-refractivity contribution in [3.8, 4) is 11.3 Å². The number of hydrogen-bond donors (Lipinski definition) is 2. The summed E-state index contributed by atoms with van der Waals surface area (Å²) in [6.07, 6.45) is 0.144. The number of rotatable bonds is 6. The fourth-order valence-electron chi connectivity index (χ4n) is 4.43. The number of nitrogens with one attached hydrogen (secondary N) is 2. The average Bonchev–Trinajstić information content (AvgIpc) is 2.91. The zero-order valence-electron chi connectivity index (χ0n) is 19.5. The minimum atomic E-state index is -3.03. The number of ether oxygens (including phenoxy) is 1. The number of carbonyl (C=O) groups excluding carboxylic acids is 1. The van der Waals surface area contributed by atoms with E-state index in [0.29, 0.717) is 46.9 Å². The first kappa shape index (κ1) is 24.2. The van der Waals surface area contributed by atoms with Crippen molar-refractivity contribution in [2.24, 2.45) is 0 Å². The van der Waals surface area contributed by atoms with E-state index in [-0.39, 0.29) is 32.3 Å². The van der Waals surface area contributed by atoms with Gasteiger partial charge in [-0.25, -0.2) is 14.4 Å². The second-order valence-corrected chi connectivity index (χ2v) is 8.64. The Kier molecular flexibility index (Phi) is 7.14. The van der Waals surface area contributed by atoms with Crippen molar-refractivity contribution in [2.45, 2.75) is 12.5 Å². The Labute approximate surface area is 205 Å². The number of morpholine rings is 1. The van der Waals surface area contributed by atoms with E-state index in [0.717, 1.165) is 18.0 Å². The summed E-state index contributed by atoms with van der Waals surface area (Å²) in [4.78, 5) is 27.9. The topological polar surface area (TPSA) is 95.5 Å². The van der Waals surface area contributed by atoms with Gasteiger partial charge in [0.2, 0.25) is 0 Å². The van der Waals surface area contributed by atoms with E-state index in [4.69, 9.17) is 9.72 Å². The molecule has 2 aromatic heterocycles. The zero-order chi connectivity index (χ0) is 25.1. The van der Waals surface area contributed by atoms with E-state index >= 15 is 4.39 Å². The van der Waals surface area contributed by atoms with Crippen LogP contribution in [-0.2, 0) is 9.53 Å². The number of hydrogen-bond acceptors (Lipinski definition) is 8. The van der Waals surface area contributed by atoms with Crippen LogP contribution in [0.3, 0.4) is 0 Å². The molecule has 1 amide bonds. The lowest BCUT2D eigenvalue weighted by Gasteiger charge is -2.36. The van der Waals surface area contributed by atoms with Crippen LogP contribution in [-0.4, -0.2) is 90.7 Å². The number of benzene rings is 1.